The van der Waals surface area contributed by atoms with Crippen molar-refractivity contribution >= 4 is 17.6 Å². The molecule has 0 unspecified atom stereocenters. The second kappa shape index (κ2) is 4.79. The predicted molar refractivity (Wildman–Crippen MR) is 69.4 cm³/mol. The number of pyridine rings is 1. The van der Waals surface area contributed by atoms with Gasteiger partial charge in [0.25, 0.3) is 0 Å². The number of fused-ring (bicyclic) bond motifs is 1. The number of hydrogen-bond acceptors (Lipinski definition) is 4. The first kappa shape index (κ1) is 10.7. The van der Waals surface area contributed by atoms with Crippen LogP contribution < -0.4 is 4.74 Å². The molecule has 0 amide bonds. The number of hydrogen-bond donors (Lipinski definition) is 0. The van der Waals surface area contributed by atoms with Gasteiger partial charge < -0.3 is 4.74 Å². The third-order valence-corrected chi connectivity index (χ3v) is 2.54. The van der Waals surface area contributed by atoms with Crippen LogP contribution in [0.25, 0.3) is 6.08 Å². The quantitative estimate of drug-likeness (QED) is 0.743. The molecule has 0 fully saturated rings. The van der Waals surface area contributed by atoms with E-state index < -0.39 is 0 Å². The summed E-state index contributed by atoms with van der Waals surface area (Å²) in [6, 6.07) is 11.3. The van der Waals surface area contributed by atoms with Crippen molar-refractivity contribution in [1.82, 2.24) is 4.98 Å². The highest BCUT2D eigenvalue weighted by atomic mass is 16.5. The molecule has 1 aromatic carbocycles. The molecular weight excluding hydrogens is 226 g/mol. The van der Waals surface area contributed by atoms with E-state index in [0.717, 1.165) is 17.0 Å². The number of aromatic nitrogens is 1. The molecule has 4 heteroatoms. The Balaban J connectivity index is 1.86. The molecule has 0 N–H and O–H groups in total. The van der Waals surface area contributed by atoms with Crippen LogP contribution in [0.3, 0.4) is 0 Å². The molecule has 0 radical (unpaired) electrons. The van der Waals surface area contributed by atoms with E-state index in [9.17, 15) is 0 Å². The van der Waals surface area contributed by atoms with Crippen LogP contribution in [0.2, 0.25) is 0 Å². The van der Waals surface area contributed by atoms with Gasteiger partial charge in [0.15, 0.2) is 5.82 Å². The first-order chi connectivity index (χ1) is 8.92. The second-order valence-corrected chi connectivity index (χ2v) is 3.82. The number of ether oxygens (including phenoxy) is 1. The van der Waals surface area contributed by atoms with Gasteiger partial charge in [0.05, 0.1) is 5.69 Å². The first-order valence-corrected chi connectivity index (χ1v) is 5.68. The zero-order valence-electron chi connectivity index (χ0n) is 9.65. The lowest BCUT2D eigenvalue weighted by Crippen LogP contribution is -1.99. The minimum Gasteiger partial charge on any atom is -0.489 e. The summed E-state index contributed by atoms with van der Waals surface area (Å²) < 4.78 is 5.47. The van der Waals surface area contributed by atoms with E-state index in [2.05, 4.69) is 15.2 Å². The predicted octanol–water partition coefficient (Wildman–Crippen LogP) is 3.90. The highest BCUT2D eigenvalue weighted by molar-refractivity contribution is 5.63. The molecule has 0 spiro atoms. The summed E-state index contributed by atoms with van der Waals surface area (Å²) in [4.78, 5) is 4.08. The van der Waals surface area contributed by atoms with Gasteiger partial charge in [-0.3, -0.25) is 0 Å². The van der Waals surface area contributed by atoms with Crippen LogP contribution in [0.5, 0.6) is 5.75 Å². The van der Waals surface area contributed by atoms with Crippen LogP contribution in [0.15, 0.2) is 58.9 Å². The summed E-state index contributed by atoms with van der Waals surface area (Å²) in [7, 11) is 0. The molecule has 1 aliphatic rings. The van der Waals surface area contributed by atoms with E-state index in [-0.39, 0.29) is 0 Å². The fourth-order valence-electron chi connectivity index (χ4n) is 1.69. The maximum Gasteiger partial charge on any atom is 0.174 e. The van der Waals surface area contributed by atoms with E-state index in [4.69, 9.17) is 4.74 Å². The average molecular weight is 237 g/mol. The Morgan fingerprint density at radius 2 is 2.11 bits per heavy atom. The zero-order chi connectivity index (χ0) is 12.2. The maximum absolute atomic E-state index is 5.47. The van der Waals surface area contributed by atoms with Gasteiger partial charge in [-0.2, -0.15) is 0 Å². The van der Waals surface area contributed by atoms with Crippen molar-refractivity contribution in [2.75, 3.05) is 6.61 Å². The van der Waals surface area contributed by atoms with E-state index in [1.165, 1.54) is 0 Å². The second-order valence-electron chi connectivity index (χ2n) is 3.82. The molecule has 2 aromatic rings. The van der Waals surface area contributed by atoms with Crippen molar-refractivity contribution in [3.8, 4) is 5.75 Å². The summed E-state index contributed by atoms with van der Waals surface area (Å²) in [5.74, 6) is 1.48. The Labute approximate surface area is 105 Å². The molecule has 1 aromatic heterocycles. The summed E-state index contributed by atoms with van der Waals surface area (Å²) in [6.45, 7) is 0.627. The van der Waals surface area contributed by atoms with Crippen molar-refractivity contribution < 1.29 is 4.74 Å². The summed E-state index contributed by atoms with van der Waals surface area (Å²) >= 11 is 0. The average Bonchev–Trinajstić information content (AvgIpc) is 2.46. The Kier molecular flexibility index (Phi) is 2.84. The van der Waals surface area contributed by atoms with Crippen LogP contribution in [-0.4, -0.2) is 11.6 Å². The van der Waals surface area contributed by atoms with Crippen molar-refractivity contribution in [3.05, 3.63) is 54.2 Å². The fourth-order valence-corrected chi connectivity index (χ4v) is 1.69. The topological polar surface area (TPSA) is 46.8 Å². The molecule has 0 atom stereocenters. The van der Waals surface area contributed by atoms with E-state index in [0.29, 0.717) is 12.4 Å². The largest absolute Gasteiger partial charge is 0.489 e. The lowest BCUT2D eigenvalue weighted by atomic mass is 10.1. The molecule has 1 aliphatic heterocycles. The van der Waals surface area contributed by atoms with Gasteiger partial charge in [-0.15, -0.1) is 10.2 Å². The summed E-state index contributed by atoms with van der Waals surface area (Å²) in [5, 5.41) is 8.23. The molecule has 18 heavy (non-hydrogen) atoms. The molecule has 0 saturated heterocycles. The van der Waals surface area contributed by atoms with Crippen LogP contribution in [0, 0.1) is 0 Å². The Morgan fingerprint density at radius 1 is 1.11 bits per heavy atom. The van der Waals surface area contributed by atoms with E-state index >= 15 is 0 Å². The van der Waals surface area contributed by atoms with Gasteiger partial charge in [-0.1, -0.05) is 12.1 Å². The molecular formula is C14H11N3O. The van der Waals surface area contributed by atoms with Crippen molar-refractivity contribution in [2.24, 2.45) is 10.2 Å². The highest BCUT2D eigenvalue weighted by Gasteiger charge is 2.05. The van der Waals surface area contributed by atoms with Crippen LogP contribution in [0.4, 0.5) is 11.5 Å². The van der Waals surface area contributed by atoms with Gasteiger partial charge in [0.2, 0.25) is 0 Å². The normalized spacial score (nSPS) is 13.3. The van der Waals surface area contributed by atoms with E-state index in [1.807, 2.05) is 48.6 Å². The minimum absolute atomic E-state index is 0.599. The van der Waals surface area contributed by atoms with E-state index in [1.54, 1.807) is 6.20 Å². The highest BCUT2D eigenvalue weighted by Crippen LogP contribution is 2.28. The Hall–Kier alpha value is -2.49. The molecule has 0 aliphatic carbocycles. The molecule has 4 nitrogen and oxygen atoms in total. The number of nitrogens with zero attached hydrogens (tertiary/aromatic N) is 3. The molecule has 88 valence electrons. The minimum atomic E-state index is 0.599. The standard InChI is InChI=1S/C14H11N3O/c1-2-8-15-14(5-1)17-16-12-6-7-13-11(10-12)4-3-9-18-13/h1-8,10H,9H2. The fraction of sp³-hybridized carbons (Fsp3) is 0.0714. The lowest BCUT2D eigenvalue weighted by Gasteiger charge is -2.11. The molecule has 2 heterocycles. The summed E-state index contributed by atoms with van der Waals surface area (Å²) in [5.41, 5.74) is 1.81. The summed E-state index contributed by atoms with van der Waals surface area (Å²) in [6.07, 6.45) is 5.69. The third kappa shape index (κ3) is 2.27. The van der Waals surface area contributed by atoms with Crippen LogP contribution >= 0.6 is 0 Å². The van der Waals surface area contributed by atoms with Crippen LogP contribution in [0.1, 0.15) is 5.56 Å². The van der Waals surface area contributed by atoms with Gasteiger partial charge >= 0.3 is 0 Å². The first-order valence-electron chi connectivity index (χ1n) is 5.68. The number of benzene rings is 1. The van der Waals surface area contributed by atoms with Gasteiger partial charge in [0.1, 0.15) is 12.4 Å². The van der Waals surface area contributed by atoms with Crippen LogP contribution in [-0.2, 0) is 0 Å². The zero-order valence-corrected chi connectivity index (χ0v) is 9.65. The van der Waals surface area contributed by atoms with Gasteiger partial charge in [-0.25, -0.2) is 4.98 Å². The Morgan fingerprint density at radius 3 is 3.00 bits per heavy atom. The van der Waals surface area contributed by atoms with Gasteiger partial charge in [0, 0.05) is 11.8 Å². The monoisotopic (exact) mass is 237 g/mol. The number of azo groups is 1. The smallest absolute Gasteiger partial charge is 0.174 e. The lowest BCUT2D eigenvalue weighted by molar-refractivity contribution is 0.358. The van der Waals surface area contributed by atoms with Crippen molar-refractivity contribution in [1.29, 1.82) is 0 Å². The SMILES string of the molecule is C1=Cc2cc(N=Nc3ccccn3)ccc2OC1. The van der Waals surface area contributed by atoms with Crippen molar-refractivity contribution in [3.63, 3.8) is 0 Å². The molecule has 0 bridgehead atoms. The molecule has 0 saturated carbocycles. The molecule has 3 rings (SSSR count). The van der Waals surface area contributed by atoms with Crippen molar-refractivity contribution in [2.45, 2.75) is 0 Å². The van der Waals surface area contributed by atoms with Gasteiger partial charge in [-0.05, 0) is 36.4 Å². The third-order valence-electron chi connectivity index (χ3n) is 2.54. The maximum atomic E-state index is 5.47. The number of rotatable bonds is 2. The Bertz CT molecular complexity index is 606.